The number of ether oxygens (including phenoxy) is 1. The highest BCUT2D eigenvalue weighted by Gasteiger charge is 2.37. The number of hydrogen-bond acceptors (Lipinski definition) is 3. The molecule has 0 radical (unpaired) electrons. The summed E-state index contributed by atoms with van der Waals surface area (Å²) in [7, 11) is 1.14. The SMILES string of the molecule is COCC(F)(F)c1nnc2ccc(-c3ccc(C(F)(F)F)cc3)cn12. The highest BCUT2D eigenvalue weighted by molar-refractivity contribution is 5.65. The Morgan fingerprint density at radius 3 is 2.16 bits per heavy atom. The molecule has 3 rings (SSSR count). The van der Waals surface area contributed by atoms with Crippen LogP contribution in [0.5, 0.6) is 0 Å². The van der Waals surface area contributed by atoms with Gasteiger partial charge in [0.1, 0.15) is 6.61 Å². The maximum atomic E-state index is 14.1. The fourth-order valence-corrected chi connectivity index (χ4v) is 2.41. The minimum Gasteiger partial charge on any atom is -0.378 e. The van der Waals surface area contributed by atoms with E-state index in [2.05, 4.69) is 14.9 Å². The lowest BCUT2D eigenvalue weighted by Gasteiger charge is -2.13. The molecule has 0 bridgehead atoms. The number of aromatic nitrogens is 3. The summed E-state index contributed by atoms with van der Waals surface area (Å²) in [6.45, 7) is -0.863. The van der Waals surface area contributed by atoms with E-state index < -0.39 is 30.1 Å². The molecule has 0 fully saturated rings. The van der Waals surface area contributed by atoms with Crippen LogP contribution in [0.25, 0.3) is 16.8 Å². The minimum absolute atomic E-state index is 0.196. The molecule has 132 valence electrons. The molecule has 0 saturated carbocycles. The Morgan fingerprint density at radius 1 is 0.920 bits per heavy atom. The van der Waals surface area contributed by atoms with Gasteiger partial charge in [-0.15, -0.1) is 10.2 Å². The number of benzene rings is 1. The quantitative estimate of drug-likeness (QED) is 0.659. The van der Waals surface area contributed by atoms with Crippen LogP contribution in [0.2, 0.25) is 0 Å². The van der Waals surface area contributed by atoms with E-state index in [0.717, 1.165) is 23.6 Å². The standard InChI is InChI=1S/C16H12F5N3O/c1-25-9-15(17,18)14-23-22-13-7-4-11(8-24(13)14)10-2-5-12(6-3-10)16(19,20)21/h2-8H,9H2,1H3. The van der Waals surface area contributed by atoms with Crippen LogP contribution in [0.4, 0.5) is 22.0 Å². The van der Waals surface area contributed by atoms with Gasteiger partial charge >= 0.3 is 12.1 Å². The topological polar surface area (TPSA) is 39.4 Å². The van der Waals surface area contributed by atoms with E-state index in [9.17, 15) is 22.0 Å². The first-order valence-corrected chi connectivity index (χ1v) is 7.12. The van der Waals surface area contributed by atoms with E-state index in [0.29, 0.717) is 11.1 Å². The fraction of sp³-hybridized carbons (Fsp3) is 0.250. The summed E-state index contributed by atoms with van der Waals surface area (Å²) in [4.78, 5) is 0. The van der Waals surface area contributed by atoms with Gasteiger partial charge < -0.3 is 4.74 Å². The average Bonchev–Trinajstić information content (AvgIpc) is 2.98. The number of fused-ring (bicyclic) bond motifs is 1. The van der Waals surface area contributed by atoms with Crippen LogP contribution < -0.4 is 0 Å². The van der Waals surface area contributed by atoms with Crippen molar-refractivity contribution in [2.24, 2.45) is 0 Å². The van der Waals surface area contributed by atoms with Crippen molar-refractivity contribution in [3.63, 3.8) is 0 Å². The Balaban J connectivity index is 2.04. The predicted octanol–water partition coefficient (Wildman–Crippen LogP) is 4.15. The number of halogens is 5. The molecular weight excluding hydrogens is 345 g/mol. The Kier molecular flexibility index (Phi) is 4.19. The van der Waals surface area contributed by atoms with Crippen LogP contribution in [0.15, 0.2) is 42.6 Å². The molecule has 0 aliphatic heterocycles. The van der Waals surface area contributed by atoms with E-state index in [1.807, 2.05) is 0 Å². The third-order valence-corrected chi connectivity index (χ3v) is 3.60. The van der Waals surface area contributed by atoms with E-state index in [-0.39, 0.29) is 5.65 Å². The molecule has 0 aliphatic carbocycles. The van der Waals surface area contributed by atoms with Crippen molar-refractivity contribution in [1.82, 2.24) is 14.6 Å². The van der Waals surface area contributed by atoms with Crippen LogP contribution in [-0.2, 0) is 16.8 Å². The van der Waals surface area contributed by atoms with Gasteiger partial charge in [-0.1, -0.05) is 12.1 Å². The molecule has 1 aromatic carbocycles. The second-order valence-corrected chi connectivity index (χ2v) is 5.38. The maximum absolute atomic E-state index is 14.1. The zero-order chi connectivity index (χ0) is 18.2. The van der Waals surface area contributed by atoms with Gasteiger partial charge in [0.15, 0.2) is 5.65 Å². The van der Waals surface area contributed by atoms with Crippen LogP contribution in [0.1, 0.15) is 11.4 Å². The molecular formula is C16H12F5N3O. The zero-order valence-electron chi connectivity index (χ0n) is 12.9. The van der Waals surface area contributed by atoms with Gasteiger partial charge in [0.25, 0.3) is 0 Å². The lowest BCUT2D eigenvalue weighted by Crippen LogP contribution is -2.23. The number of nitrogens with zero attached hydrogens (tertiary/aromatic N) is 3. The van der Waals surface area contributed by atoms with E-state index in [1.165, 1.54) is 24.4 Å². The van der Waals surface area contributed by atoms with Gasteiger partial charge in [0.05, 0.1) is 5.56 Å². The summed E-state index contributed by atoms with van der Waals surface area (Å²) >= 11 is 0. The number of alkyl halides is 5. The molecule has 0 saturated heterocycles. The third kappa shape index (κ3) is 3.32. The highest BCUT2D eigenvalue weighted by atomic mass is 19.4. The summed E-state index contributed by atoms with van der Waals surface area (Å²) in [5.41, 5.74) is 0.315. The van der Waals surface area contributed by atoms with E-state index in [1.54, 1.807) is 6.07 Å². The second kappa shape index (κ2) is 6.07. The molecule has 0 aliphatic rings. The summed E-state index contributed by atoms with van der Waals surface area (Å²) in [6, 6.07) is 7.47. The first kappa shape index (κ1) is 17.3. The Labute approximate surface area is 138 Å². The summed E-state index contributed by atoms with van der Waals surface area (Å²) in [5.74, 6) is -3.95. The lowest BCUT2D eigenvalue weighted by atomic mass is 10.1. The zero-order valence-corrected chi connectivity index (χ0v) is 12.9. The number of methoxy groups -OCH3 is 1. The van der Waals surface area contributed by atoms with Gasteiger partial charge in [0.2, 0.25) is 5.82 Å². The monoisotopic (exact) mass is 357 g/mol. The van der Waals surface area contributed by atoms with Crippen molar-refractivity contribution in [3.05, 3.63) is 54.0 Å². The molecule has 2 aromatic heterocycles. The fourth-order valence-electron chi connectivity index (χ4n) is 2.41. The van der Waals surface area contributed by atoms with Crippen molar-refractivity contribution < 1.29 is 26.7 Å². The molecule has 2 heterocycles. The molecule has 4 nitrogen and oxygen atoms in total. The molecule has 0 amide bonds. The largest absolute Gasteiger partial charge is 0.416 e. The Bertz CT molecular complexity index is 887. The van der Waals surface area contributed by atoms with Crippen LogP contribution in [0, 0.1) is 0 Å². The average molecular weight is 357 g/mol. The van der Waals surface area contributed by atoms with Crippen molar-refractivity contribution >= 4 is 5.65 Å². The Morgan fingerprint density at radius 2 is 1.56 bits per heavy atom. The predicted molar refractivity (Wildman–Crippen MR) is 79.2 cm³/mol. The molecule has 0 atom stereocenters. The van der Waals surface area contributed by atoms with E-state index in [4.69, 9.17) is 0 Å². The van der Waals surface area contributed by atoms with Crippen molar-refractivity contribution in [1.29, 1.82) is 0 Å². The Hall–Kier alpha value is -2.55. The number of pyridine rings is 1. The van der Waals surface area contributed by atoms with Crippen LogP contribution in [-0.4, -0.2) is 28.3 Å². The molecule has 0 unspecified atom stereocenters. The van der Waals surface area contributed by atoms with Crippen LogP contribution >= 0.6 is 0 Å². The third-order valence-electron chi connectivity index (χ3n) is 3.60. The summed E-state index contributed by atoms with van der Waals surface area (Å²) in [6.07, 6.45) is -3.08. The highest BCUT2D eigenvalue weighted by Crippen LogP contribution is 2.32. The van der Waals surface area contributed by atoms with Gasteiger partial charge in [-0.25, -0.2) is 0 Å². The van der Waals surface area contributed by atoms with Crippen molar-refractivity contribution in [2.75, 3.05) is 13.7 Å². The molecule has 0 N–H and O–H groups in total. The first-order valence-electron chi connectivity index (χ1n) is 7.12. The van der Waals surface area contributed by atoms with Crippen LogP contribution in [0.3, 0.4) is 0 Å². The minimum atomic E-state index is -4.44. The van der Waals surface area contributed by atoms with Crippen molar-refractivity contribution in [3.8, 4) is 11.1 Å². The van der Waals surface area contributed by atoms with Crippen molar-refractivity contribution in [2.45, 2.75) is 12.1 Å². The number of hydrogen-bond donors (Lipinski definition) is 0. The molecule has 3 aromatic rings. The smallest absolute Gasteiger partial charge is 0.378 e. The molecule has 0 spiro atoms. The first-order chi connectivity index (χ1) is 11.7. The summed E-state index contributed by atoms with van der Waals surface area (Å²) < 4.78 is 71.6. The second-order valence-electron chi connectivity index (χ2n) is 5.38. The maximum Gasteiger partial charge on any atom is 0.416 e. The van der Waals surface area contributed by atoms with E-state index >= 15 is 0 Å². The number of rotatable bonds is 4. The van der Waals surface area contributed by atoms with Gasteiger partial charge in [-0.2, -0.15) is 22.0 Å². The normalized spacial score (nSPS) is 12.7. The summed E-state index contributed by atoms with van der Waals surface area (Å²) in [5, 5.41) is 7.18. The van der Waals surface area contributed by atoms with Gasteiger partial charge in [0, 0.05) is 13.3 Å². The molecule has 9 heteroatoms. The molecule has 25 heavy (non-hydrogen) atoms. The van der Waals surface area contributed by atoms with Gasteiger partial charge in [-0.05, 0) is 35.4 Å². The van der Waals surface area contributed by atoms with Gasteiger partial charge in [-0.3, -0.25) is 4.40 Å². The lowest BCUT2D eigenvalue weighted by molar-refractivity contribution is -0.137.